The molecule has 0 aromatic heterocycles. The maximum absolute atomic E-state index is 14.5. The van der Waals surface area contributed by atoms with Gasteiger partial charge in [0.15, 0.2) is 0 Å². The van der Waals surface area contributed by atoms with Gasteiger partial charge >= 0.3 is 0 Å². The van der Waals surface area contributed by atoms with Gasteiger partial charge in [-0.25, -0.2) is 4.39 Å². The molecule has 1 aromatic rings. The highest BCUT2D eigenvalue weighted by Gasteiger charge is 2.43. The molecule has 1 aliphatic rings. The third-order valence-corrected chi connectivity index (χ3v) is 5.27. The molecule has 1 N–H and O–H groups in total. The predicted octanol–water partition coefficient (Wildman–Crippen LogP) is 4.83. The molecule has 2 nitrogen and oxygen atoms in total. The summed E-state index contributed by atoms with van der Waals surface area (Å²) in [5, 5.41) is 3.31. The maximum atomic E-state index is 14.5. The van der Waals surface area contributed by atoms with Gasteiger partial charge in [-0.2, -0.15) is 0 Å². The molecule has 0 amide bonds. The Kier molecular flexibility index (Phi) is 5.81. The van der Waals surface area contributed by atoms with Crippen molar-refractivity contribution in [2.75, 3.05) is 13.7 Å². The van der Waals surface area contributed by atoms with Crippen molar-refractivity contribution in [3.8, 4) is 0 Å². The van der Waals surface area contributed by atoms with Gasteiger partial charge in [0.1, 0.15) is 5.82 Å². The molecule has 0 radical (unpaired) electrons. The quantitative estimate of drug-likeness (QED) is 0.814. The van der Waals surface area contributed by atoms with Crippen molar-refractivity contribution in [1.82, 2.24) is 5.32 Å². The summed E-state index contributed by atoms with van der Waals surface area (Å²) in [6.07, 6.45) is 4.21. The highest BCUT2D eigenvalue weighted by Crippen LogP contribution is 2.44. The Morgan fingerprint density at radius 2 is 2.10 bits per heavy atom. The van der Waals surface area contributed by atoms with Gasteiger partial charge in [0.2, 0.25) is 0 Å². The lowest BCUT2D eigenvalue weighted by molar-refractivity contribution is -0.0968. The summed E-state index contributed by atoms with van der Waals surface area (Å²) in [5.74, 6) is 0.540. The lowest BCUT2D eigenvalue weighted by Gasteiger charge is -2.45. The maximum Gasteiger partial charge on any atom is 0.142 e. The van der Waals surface area contributed by atoms with Crippen LogP contribution in [0.1, 0.15) is 51.1 Å². The molecule has 1 unspecified atom stereocenters. The first kappa shape index (κ1) is 16.9. The average molecular weight is 358 g/mol. The van der Waals surface area contributed by atoms with Crippen molar-refractivity contribution in [2.45, 2.75) is 51.2 Å². The number of ether oxygens (including phenoxy) is 1. The minimum absolute atomic E-state index is 0.123. The third kappa shape index (κ3) is 3.49. The van der Waals surface area contributed by atoms with Crippen LogP contribution in [0.25, 0.3) is 0 Å². The molecule has 1 aromatic carbocycles. The van der Waals surface area contributed by atoms with E-state index >= 15 is 0 Å². The molecule has 1 saturated carbocycles. The fraction of sp³-hybridized carbons (Fsp3) is 0.647. The summed E-state index contributed by atoms with van der Waals surface area (Å²) in [4.78, 5) is 0. The summed E-state index contributed by atoms with van der Waals surface area (Å²) < 4.78 is 21.2. The van der Waals surface area contributed by atoms with Crippen LogP contribution in [-0.4, -0.2) is 19.3 Å². The molecule has 0 spiro atoms. The second-order valence-electron chi connectivity index (χ2n) is 6.05. The molecule has 4 heteroatoms. The summed E-state index contributed by atoms with van der Waals surface area (Å²) >= 11 is 3.29. The van der Waals surface area contributed by atoms with E-state index in [2.05, 4.69) is 28.2 Å². The van der Waals surface area contributed by atoms with Crippen molar-refractivity contribution in [3.63, 3.8) is 0 Å². The highest BCUT2D eigenvalue weighted by atomic mass is 79.9. The minimum Gasteiger partial charge on any atom is -0.373 e. The minimum atomic E-state index is -0.308. The molecule has 1 fully saturated rings. The fourth-order valence-electron chi connectivity index (χ4n) is 3.50. The lowest BCUT2D eigenvalue weighted by atomic mass is 9.73. The van der Waals surface area contributed by atoms with Gasteiger partial charge in [-0.05, 0) is 67.6 Å². The van der Waals surface area contributed by atoms with Crippen LogP contribution < -0.4 is 5.32 Å². The van der Waals surface area contributed by atoms with E-state index in [1.807, 2.05) is 26.1 Å². The van der Waals surface area contributed by atoms with Crippen LogP contribution in [0, 0.1) is 11.7 Å². The van der Waals surface area contributed by atoms with Crippen LogP contribution in [0.3, 0.4) is 0 Å². The SMILES string of the molecule is CCOC1(C(NC)c2cccc(Br)c2F)CCC(C)CC1. The predicted molar refractivity (Wildman–Crippen MR) is 87.9 cm³/mol. The molecule has 21 heavy (non-hydrogen) atoms. The van der Waals surface area contributed by atoms with E-state index < -0.39 is 0 Å². The van der Waals surface area contributed by atoms with Crippen molar-refractivity contribution < 1.29 is 9.13 Å². The number of nitrogens with one attached hydrogen (secondary N) is 1. The van der Waals surface area contributed by atoms with Crippen molar-refractivity contribution >= 4 is 15.9 Å². The Morgan fingerprint density at radius 1 is 1.43 bits per heavy atom. The summed E-state index contributed by atoms with van der Waals surface area (Å²) in [5.41, 5.74) is 0.382. The van der Waals surface area contributed by atoms with Crippen molar-refractivity contribution in [1.29, 1.82) is 0 Å². The Balaban J connectivity index is 2.38. The normalized spacial score (nSPS) is 27.6. The highest BCUT2D eigenvalue weighted by molar-refractivity contribution is 9.10. The lowest BCUT2D eigenvalue weighted by Crippen LogP contribution is -2.48. The van der Waals surface area contributed by atoms with Gasteiger partial charge in [-0.3, -0.25) is 0 Å². The Morgan fingerprint density at radius 3 is 2.67 bits per heavy atom. The largest absolute Gasteiger partial charge is 0.373 e. The molecule has 0 bridgehead atoms. The van der Waals surface area contributed by atoms with E-state index in [1.165, 1.54) is 0 Å². The number of benzene rings is 1. The Hall–Kier alpha value is -0.450. The number of hydrogen-bond acceptors (Lipinski definition) is 2. The average Bonchev–Trinajstić information content (AvgIpc) is 2.47. The molecule has 0 heterocycles. The topological polar surface area (TPSA) is 21.3 Å². The molecule has 0 saturated heterocycles. The van der Waals surface area contributed by atoms with Gasteiger partial charge < -0.3 is 10.1 Å². The summed E-state index contributed by atoms with van der Waals surface area (Å²) in [6, 6.07) is 5.36. The standard InChI is InChI=1S/C17H25BrFNO/c1-4-21-17(10-8-12(2)9-11-17)16(20-3)13-6-5-7-14(18)15(13)19/h5-7,12,16,20H,4,8-11H2,1-3H3. The number of hydrogen-bond donors (Lipinski definition) is 1. The van der Waals surface area contributed by atoms with E-state index in [4.69, 9.17) is 4.74 Å². The zero-order chi connectivity index (χ0) is 15.5. The molecule has 0 aliphatic heterocycles. The van der Waals surface area contributed by atoms with Crippen LogP contribution in [0.2, 0.25) is 0 Å². The molecule has 2 rings (SSSR count). The number of rotatable bonds is 5. The zero-order valence-corrected chi connectivity index (χ0v) is 14.7. The smallest absolute Gasteiger partial charge is 0.142 e. The fourth-order valence-corrected chi connectivity index (χ4v) is 3.88. The number of halogens is 2. The van der Waals surface area contributed by atoms with Crippen LogP contribution in [-0.2, 0) is 4.74 Å². The first-order valence-corrected chi connectivity index (χ1v) is 8.58. The molecule has 1 aliphatic carbocycles. The van der Waals surface area contributed by atoms with Gasteiger partial charge in [-0.1, -0.05) is 19.1 Å². The monoisotopic (exact) mass is 357 g/mol. The molecular weight excluding hydrogens is 333 g/mol. The van der Waals surface area contributed by atoms with Crippen molar-refractivity contribution in [2.24, 2.45) is 5.92 Å². The van der Waals surface area contributed by atoms with Crippen LogP contribution in [0.5, 0.6) is 0 Å². The Bertz CT molecular complexity index is 472. The summed E-state index contributed by atoms with van der Waals surface area (Å²) in [7, 11) is 1.89. The van der Waals surface area contributed by atoms with E-state index in [0.29, 0.717) is 16.6 Å². The van der Waals surface area contributed by atoms with E-state index in [-0.39, 0.29) is 17.5 Å². The van der Waals surface area contributed by atoms with Crippen LogP contribution >= 0.6 is 15.9 Å². The second-order valence-corrected chi connectivity index (χ2v) is 6.90. The second kappa shape index (κ2) is 7.21. The third-order valence-electron chi connectivity index (χ3n) is 4.66. The van der Waals surface area contributed by atoms with Gasteiger partial charge in [0.25, 0.3) is 0 Å². The van der Waals surface area contributed by atoms with Crippen LogP contribution in [0.4, 0.5) is 4.39 Å². The number of likely N-dealkylation sites (N-methyl/N-ethyl adjacent to an activating group) is 1. The van der Waals surface area contributed by atoms with Gasteiger partial charge in [0, 0.05) is 12.2 Å². The van der Waals surface area contributed by atoms with E-state index in [9.17, 15) is 4.39 Å². The van der Waals surface area contributed by atoms with Gasteiger partial charge in [-0.15, -0.1) is 0 Å². The molecule has 1 atom stereocenters. The zero-order valence-electron chi connectivity index (χ0n) is 13.1. The van der Waals surface area contributed by atoms with Crippen LogP contribution in [0.15, 0.2) is 22.7 Å². The first-order chi connectivity index (χ1) is 10.0. The first-order valence-electron chi connectivity index (χ1n) is 7.79. The summed E-state index contributed by atoms with van der Waals surface area (Å²) in [6.45, 7) is 4.95. The Labute approximate surface area is 135 Å². The molecule has 118 valence electrons. The van der Waals surface area contributed by atoms with Gasteiger partial charge in [0.05, 0.1) is 16.1 Å². The van der Waals surface area contributed by atoms with Crippen molar-refractivity contribution in [3.05, 3.63) is 34.1 Å². The van der Waals surface area contributed by atoms with E-state index in [0.717, 1.165) is 31.6 Å². The van der Waals surface area contributed by atoms with E-state index in [1.54, 1.807) is 6.07 Å². The molecular formula is C17H25BrFNO.